The largest absolute Gasteiger partial charge is 0.345 e. The Balaban J connectivity index is 1.56. The summed E-state index contributed by atoms with van der Waals surface area (Å²) in [6.45, 7) is 4.15. The van der Waals surface area contributed by atoms with Crippen LogP contribution in [0.3, 0.4) is 0 Å². The topological polar surface area (TPSA) is 63.5 Å². The summed E-state index contributed by atoms with van der Waals surface area (Å²) in [4.78, 5) is 29.9. The molecular formula is C25H29N3O2. The molecule has 4 rings (SSSR count). The standard InChI is InChI=1S/C25H29N3O2/c1-17(2)23(20-13-11-19(12-14-20)18-8-4-3-5-9-18)27-24(29)21-16-26-22-10-6-7-15-28(22)25(21)30/h6-7,10-18,23H,3-5,8-9H2,1-2H3,(H,27,29)/t23-/m1/s1. The van der Waals surface area contributed by atoms with Gasteiger partial charge in [-0.25, -0.2) is 4.98 Å². The zero-order chi connectivity index (χ0) is 21.1. The lowest BCUT2D eigenvalue weighted by Gasteiger charge is -2.25. The lowest BCUT2D eigenvalue weighted by Crippen LogP contribution is -2.36. The monoisotopic (exact) mass is 403 g/mol. The van der Waals surface area contributed by atoms with E-state index in [0.29, 0.717) is 11.6 Å². The maximum absolute atomic E-state index is 12.9. The minimum Gasteiger partial charge on any atom is -0.345 e. The van der Waals surface area contributed by atoms with E-state index in [0.717, 1.165) is 5.56 Å². The Morgan fingerprint density at radius 1 is 1.07 bits per heavy atom. The Hall–Kier alpha value is -2.95. The molecule has 0 unspecified atom stereocenters. The summed E-state index contributed by atoms with van der Waals surface area (Å²) in [5.41, 5.74) is 2.69. The molecule has 1 saturated carbocycles. The average Bonchev–Trinajstić information content (AvgIpc) is 2.78. The Morgan fingerprint density at radius 3 is 2.50 bits per heavy atom. The van der Waals surface area contributed by atoms with E-state index < -0.39 is 0 Å². The smallest absolute Gasteiger partial charge is 0.270 e. The van der Waals surface area contributed by atoms with Crippen LogP contribution in [0.4, 0.5) is 0 Å². The van der Waals surface area contributed by atoms with Gasteiger partial charge in [0.05, 0.1) is 6.04 Å². The third-order valence-corrected chi connectivity index (χ3v) is 6.18. The van der Waals surface area contributed by atoms with E-state index >= 15 is 0 Å². The first-order valence-electron chi connectivity index (χ1n) is 10.9. The number of hydrogen-bond acceptors (Lipinski definition) is 3. The lowest BCUT2D eigenvalue weighted by molar-refractivity contribution is 0.0923. The zero-order valence-electron chi connectivity index (χ0n) is 17.7. The first-order chi connectivity index (χ1) is 14.5. The highest BCUT2D eigenvalue weighted by Gasteiger charge is 2.22. The average molecular weight is 404 g/mol. The molecule has 5 nitrogen and oxygen atoms in total. The van der Waals surface area contributed by atoms with Gasteiger partial charge >= 0.3 is 0 Å². The number of rotatable bonds is 5. The van der Waals surface area contributed by atoms with Crippen LogP contribution in [0.25, 0.3) is 5.65 Å². The molecule has 1 amide bonds. The predicted octanol–water partition coefficient (Wildman–Crippen LogP) is 4.87. The van der Waals surface area contributed by atoms with Crippen LogP contribution in [0.5, 0.6) is 0 Å². The Labute approximate surface area is 177 Å². The van der Waals surface area contributed by atoms with Gasteiger partial charge in [0.2, 0.25) is 0 Å². The van der Waals surface area contributed by atoms with Crippen molar-refractivity contribution in [3.8, 4) is 0 Å². The number of nitrogens with zero attached hydrogens (tertiary/aromatic N) is 2. The summed E-state index contributed by atoms with van der Waals surface area (Å²) in [7, 11) is 0. The van der Waals surface area contributed by atoms with Gasteiger partial charge in [-0.3, -0.25) is 14.0 Å². The molecule has 3 aromatic rings. The predicted molar refractivity (Wildman–Crippen MR) is 119 cm³/mol. The van der Waals surface area contributed by atoms with Crippen LogP contribution in [0.2, 0.25) is 0 Å². The van der Waals surface area contributed by atoms with Crippen molar-refractivity contribution in [3.05, 3.63) is 81.9 Å². The number of benzene rings is 1. The van der Waals surface area contributed by atoms with Crippen molar-refractivity contribution in [2.45, 2.75) is 57.9 Å². The quantitative estimate of drug-likeness (QED) is 0.661. The van der Waals surface area contributed by atoms with E-state index in [-0.39, 0.29) is 29.0 Å². The summed E-state index contributed by atoms with van der Waals surface area (Å²) in [6.07, 6.45) is 9.51. The highest BCUT2D eigenvalue weighted by Crippen LogP contribution is 2.33. The number of hydrogen-bond donors (Lipinski definition) is 1. The van der Waals surface area contributed by atoms with Gasteiger partial charge in [0.1, 0.15) is 11.2 Å². The number of amides is 1. The molecule has 1 fully saturated rings. The Kier molecular flexibility index (Phi) is 5.98. The molecule has 0 saturated heterocycles. The third-order valence-electron chi connectivity index (χ3n) is 6.18. The molecule has 0 spiro atoms. The fourth-order valence-corrected chi connectivity index (χ4v) is 4.45. The maximum atomic E-state index is 12.9. The summed E-state index contributed by atoms with van der Waals surface area (Å²) < 4.78 is 1.40. The first-order valence-corrected chi connectivity index (χ1v) is 10.9. The van der Waals surface area contributed by atoms with Gasteiger partial charge in [0, 0.05) is 12.4 Å². The van der Waals surface area contributed by atoms with Crippen molar-refractivity contribution in [2.75, 3.05) is 0 Å². The molecule has 2 heterocycles. The molecule has 5 heteroatoms. The van der Waals surface area contributed by atoms with E-state index in [4.69, 9.17) is 0 Å². The molecule has 2 aromatic heterocycles. The maximum Gasteiger partial charge on any atom is 0.270 e. The normalized spacial score (nSPS) is 16.0. The molecule has 30 heavy (non-hydrogen) atoms. The fourth-order valence-electron chi connectivity index (χ4n) is 4.45. The van der Waals surface area contributed by atoms with Gasteiger partial charge in [0.25, 0.3) is 11.5 Å². The summed E-state index contributed by atoms with van der Waals surface area (Å²) >= 11 is 0. The zero-order valence-corrected chi connectivity index (χ0v) is 17.7. The second-order valence-corrected chi connectivity index (χ2v) is 8.60. The molecule has 0 radical (unpaired) electrons. The van der Waals surface area contributed by atoms with E-state index in [1.54, 1.807) is 18.3 Å². The number of fused-ring (bicyclic) bond motifs is 1. The third kappa shape index (κ3) is 4.16. The lowest BCUT2D eigenvalue weighted by atomic mass is 9.83. The number of nitrogens with one attached hydrogen (secondary N) is 1. The summed E-state index contributed by atoms with van der Waals surface area (Å²) in [5, 5.41) is 3.06. The minimum absolute atomic E-state index is 0.0585. The second kappa shape index (κ2) is 8.82. The van der Waals surface area contributed by atoms with Crippen LogP contribution >= 0.6 is 0 Å². The minimum atomic E-state index is -0.388. The molecule has 156 valence electrons. The van der Waals surface area contributed by atoms with Crippen molar-refractivity contribution < 1.29 is 4.79 Å². The Bertz CT molecular complexity index is 1080. The van der Waals surface area contributed by atoms with Crippen molar-refractivity contribution in [1.82, 2.24) is 14.7 Å². The van der Waals surface area contributed by atoms with Crippen LogP contribution in [0, 0.1) is 5.92 Å². The Morgan fingerprint density at radius 2 is 1.80 bits per heavy atom. The highest BCUT2D eigenvalue weighted by atomic mass is 16.2. The van der Waals surface area contributed by atoms with Gasteiger partial charge in [-0.1, -0.05) is 63.4 Å². The molecule has 1 N–H and O–H groups in total. The van der Waals surface area contributed by atoms with Crippen LogP contribution in [0.15, 0.2) is 59.7 Å². The molecule has 0 aliphatic heterocycles. The second-order valence-electron chi connectivity index (χ2n) is 8.60. The molecule has 1 aliphatic rings. The molecule has 1 atom stereocenters. The van der Waals surface area contributed by atoms with Gasteiger partial charge in [-0.2, -0.15) is 0 Å². The number of carbonyl (C=O) groups is 1. The van der Waals surface area contributed by atoms with Crippen LogP contribution in [-0.4, -0.2) is 15.3 Å². The number of pyridine rings is 1. The van der Waals surface area contributed by atoms with E-state index in [1.807, 2.05) is 6.07 Å². The highest BCUT2D eigenvalue weighted by molar-refractivity contribution is 5.94. The van der Waals surface area contributed by atoms with Crippen LogP contribution in [-0.2, 0) is 0 Å². The van der Waals surface area contributed by atoms with Crippen molar-refractivity contribution in [1.29, 1.82) is 0 Å². The SMILES string of the molecule is CC(C)[C@@H](NC(=O)c1cnc2ccccn2c1=O)c1ccc(C2CCCCC2)cc1. The molecular weight excluding hydrogens is 374 g/mol. The fraction of sp³-hybridized carbons (Fsp3) is 0.400. The van der Waals surface area contributed by atoms with Crippen molar-refractivity contribution in [2.24, 2.45) is 5.92 Å². The summed E-state index contributed by atoms with van der Waals surface area (Å²) in [5.74, 6) is 0.454. The molecule has 1 aromatic carbocycles. The van der Waals surface area contributed by atoms with Crippen molar-refractivity contribution >= 4 is 11.6 Å². The number of carbonyl (C=O) groups excluding carboxylic acids is 1. The van der Waals surface area contributed by atoms with E-state index in [2.05, 4.69) is 48.4 Å². The van der Waals surface area contributed by atoms with Gasteiger partial charge in [-0.05, 0) is 47.9 Å². The van der Waals surface area contributed by atoms with Gasteiger partial charge in [0.15, 0.2) is 0 Å². The van der Waals surface area contributed by atoms with Crippen LogP contribution in [0.1, 0.15) is 79.4 Å². The first kappa shape index (κ1) is 20.3. The van der Waals surface area contributed by atoms with E-state index in [1.165, 1.54) is 48.3 Å². The summed E-state index contributed by atoms with van der Waals surface area (Å²) in [6, 6.07) is 13.8. The van der Waals surface area contributed by atoms with Crippen LogP contribution < -0.4 is 10.9 Å². The van der Waals surface area contributed by atoms with Gasteiger partial charge in [-0.15, -0.1) is 0 Å². The number of aromatic nitrogens is 2. The van der Waals surface area contributed by atoms with Gasteiger partial charge < -0.3 is 5.32 Å². The van der Waals surface area contributed by atoms with Crippen molar-refractivity contribution in [3.63, 3.8) is 0 Å². The molecule has 0 bridgehead atoms. The molecule has 1 aliphatic carbocycles. The van der Waals surface area contributed by atoms with E-state index in [9.17, 15) is 9.59 Å².